The Morgan fingerprint density at radius 3 is 2.45 bits per heavy atom. The number of hydrogen-bond acceptors (Lipinski definition) is 5. The smallest absolute Gasteiger partial charge is 0.338 e. The minimum atomic E-state index is -0.406. The van der Waals surface area contributed by atoms with Gasteiger partial charge in [-0.1, -0.05) is 19.1 Å². The molecule has 0 aliphatic heterocycles. The number of amides is 1. The Morgan fingerprint density at radius 2 is 1.72 bits per heavy atom. The molecule has 0 atom stereocenters. The molecule has 154 valence electrons. The monoisotopic (exact) mass is 397 g/mol. The molecule has 0 saturated heterocycles. The molecule has 6 nitrogen and oxygen atoms in total. The van der Waals surface area contributed by atoms with Gasteiger partial charge in [0.2, 0.25) is 5.91 Å². The molecule has 0 spiro atoms. The van der Waals surface area contributed by atoms with E-state index in [0.29, 0.717) is 42.6 Å². The Labute approximate surface area is 171 Å². The van der Waals surface area contributed by atoms with Crippen molar-refractivity contribution in [3.8, 4) is 11.5 Å². The number of hydrogen-bond donors (Lipinski definition) is 1. The number of anilines is 1. The number of carbonyl (C=O) groups excluding carboxylic acids is 2. The van der Waals surface area contributed by atoms with Crippen LogP contribution >= 0.6 is 0 Å². The first-order valence-corrected chi connectivity index (χ1v) is 9.73. The third-order valence-electron chi connectivity index (χ3n) is 3.80. The van der Waals surface area contributed by atoms with Crippen LogP contribution in [-0.2, 0) is 9.53 Å². The number of benzene rings is 2. The molecule has 2 aromatic rings. The Bertz CT molecular complexity index is 860. The Hall–Kier alpha value is -3.28. The van der Waals surface area contributed by atoms with Gasteiger partial charge in [0.25, 0.3) is 0 Å². The highest BCUT2D eigenvalue weighted by Crippen LogP contribution is 2.29. The molecule has 0 aliphatic rings. The Morgan fingerprint density at radius 1 is 0.966 bits per heavy atom. The maximum atomic E-state index is 12.2. The zero-order chi connectivity index (χ0) is 21.1. The van der Waals surface area contributed by atoms with Crippen LogP contribution in [0.25, 0.3) is 6.08 Å². The third-order valence-corrected chi connectivity index (χ3v) is 3.80. The van der Waals surface area contributed by atoms with E-state index in [4.69, 9.17) is 14.2 Å². The lowest BCUT2D eigenvalue weighted by Crippen LogP contribution is -2.10. The predicted molar refractivity (Wildman–Crippen MR) is 113 cm³/mol. The number of rotatable bonds is 10. The van der Waals surface area contributed by atoms with Gasteiger partial charge in [-0.3, -0.25) is 4.79 Å². The van der Waals surface area contributed by atoms with E-state index in [0.717, 1.165) is 12.0 Å². The second-order valence-electron chi connectivity index (χ2n) is 6.11. The fourth-order valence-electron chi connectivity index (χ4n) is 2.53. The summed E-state index contributed by atoms with van der Waals surface area (Å²) in [5, 5.41) is 2.75. The third kappa shape index (κ3) is 6.99. The zero-order valence-corrected chi connectivity index (χ0v) is 17.1. The molecule has 0 fully saturated rings. The van der Waals surface area contributed by atoms with E-state index >= 15 is 0 Å². The van der Waals surface area contributed by atoms with Gasteiger partial charge in [0.15, 0.2) is 11.5 Å². The standard InChI is InChI=1S/C23H27NO5/c1-4-14-29-23(26)18-8-7-9-19(16-18)24-22(25)13-11-17-10-12-20(27-5-2)21(15-17)28-6-3/h7-13,15-16H,4-6,14H2,1-3H3,(H,24,25)/b13-11+. The van der Waals surface area contributed by atoms with Crippen LogP contribution in [0.1, 0.15) is 43.1 Å². The van der Waals surface area contributed by atoms with Crippen LogP contribution in [-0.4, -0.2) is 31.7 Å². The summed E-state index contributed by atoms with van der Waals surface area (Å²) >= 11 is 0. The van der Waals surface area contributed by atoms with E-state index in [2.05, 4.69) is 5.32 Å². The van der Waals surface area contributed by atoms with Gasteiger partial charge >= 0.3 is 5.97 Å². The molecule has 1 N–H and O–H groups in total. The molecule has 0 aromatic heterocycles. The fraction of sp³-hybridized carbons (Fsp3) is 0.304. The molecular weight excluding hydrogens is 370 g/mol. The number of nitrogens with one attached hydrogen (secondary N) is 1. The van der Waals surface area contributed by atoms with Crippen molar-refractivity contribution >= 4 is 23.6 Å². The molecule has 0 heterocycles. The van der Waals surface area contributed by atoms with Gasteiger partial charge in [0.05, 0.1) is 25.4 Å². The van der Waals surface area contributed by atoms with Gasteiger partial charge in [0.1, 0.15) is 0 Å². The van der Waals surface area contributed by atoms with Crippen LogP contribution in [0.3, 0.4) is 0 Å². The number of ether oxygens (including phenoxy) is 3. The molecule has 0 bridgehead atoms. The quantitative estimate of drug-likeness (QED) is 0.465. The molecule has 0 unspecified atom stereocenters. The minimum absolute atomic E-state index is 0.309. The fourth-order valence-corrected chi connectivity index (χ4v) is 2.53. The SMILES string of the molecule is CCCOC(=O)c1cccc(NC(=O)/C=C/c2ccc(OCC)c(OCC)c2)c1. The summed E-state index contributed by atoms with van der Waals surface area (Å²) in [6, 6.07) is 12.1. The van der Waals surface area contributed by atoms with E-state index in [1.165, 1.54) is 6.08 Å². The van der Waals surface area contributed by atoms with Gasteiger partial charge in [-0.25, -0.2) is 4.79 Å². The molecular formula is C23H27NO5. The molecule has 2 rings (SSSR count). The lowest BCUT2D eigenvalue weighted by Gasteiger charge is -2.11. The van der Waals surface area contributed by atoms with Crippen molar-refractivity contribution < 1.29 is 23.8 Å². The first-order valence-electron chi connectivity index (χ1n) is 9.73. The summed E-state index contributed by atoms with van der Waals surface area (Å²) in [5.41, 5.74) is 1.73. The second-order valence-corrected chi connectivity index (χ2v) is 6.11. The average Bonchev–Trinajstić information content (AvgIpc) is 2.72. The summed E-state index contributed by atoms with van der Waals surface area (Å²) in [6.45, 7) is 7.17. The maximum absolute atomic E-state index is 12.2. The average molecular weight is 397 g/mol. The largest absolute Gasteiger partial charge is 0.490 e. The highest BCUT2D eigenvalue weighted by Gasteiger charge is 2.08. The van der Waals surface area contributed by atoms with E-state index in [9.17, 15) is 9.59 Å². The van der Waals surface area contributed by atoms with Crippen molar-refractivity contribution in [2.75, 3.05) is 25.1 Å². The molecule has 6 heteroatoms. The maximum Gasteiger partial charge on any atom is 0.338 e. The lowest BCUT2D eigenvalue weighted by molar-refractivity contribution is -0.111. The van der Waals surface area contributed by atoms with E-state index in [1.54, 1.807) is 30.3 Å². The van der Waals surface area contributed by atoms with Crippen LogP contribution in [0, 0.1) is 0 Å². The van der Waals surface area contributed by atoms with Crippen molar-refractivity contribution in [2.24, 2.45) is 0 Å². The van der Waals surface area contributed by atoms with Crippen LogP contribution in [0.4, 0.5) is 5.69 Å². The van der Waals surface area contributed by atoms with E-state index in [1.807, 2.05) is 39.0 Å². The second kappa shape index (κ2) is 11.5. The first kappa shape index (κ1) is 22.0. The van der Waals surface area contributed by atoms with Gasteiger partial charge in [0, 0.05) is 11.8 Å². The van der Waals surface area contributed by atoms with Gasteiger partial charge in [-0.2, -0.15) is 0 Å². The molecule has 2 aromatic carbocycles. The first-order chi connectivity index (χ1) is 14.1. The summed E-state index contributed by atoms with van der Waals surface area (Å²) in [5.74, 6) is 0.588. The Kier molecular flexibility index (Phi) is 8.76. The number of esters is 1. The van der Waals surface area contributed by atoms with Crippen LogP contribution < -0.4 is 14.8 Å². The van der Waals surface area contributed by atoms with Crippen molar-refractivity contribution in [2.45, 2.75) is 27.2 Å². The van der Waals surface area contributed by atoms with E-state index < -0.39 is 5.97 Å². The number of carbonyl (C=O) groups is 2. The lowest BCUT2D eigenvalue weighted by atomic mass is 10.1. The highest BCUT2D eigenvalue weighted by atomic mass is 16.5. The predicted octanol–water partition coefficient (Wildman–Crippen LogP) is 4.70. The molecule has 0 radical (unpaired) electrons. The van der Waals surface area contributed by atoms with Gasteiger partial charge < -0.3 is 19.5 Å². The summed E-state index contributed by atoms with van der Waals surface area (Å²) < 4.78 is 16.2. The van der Waals surface area contributed by atoms with Gasteiger partial charge in [-0.15, -0.1) is 0 Å². The molecule has 1 amide bonds. The normalized spacial score (nSPS) is 10.6. The van der Waals surface area contributed by atoms with E-state index in [-0.39, 0.29) is 5.91 Å². The van der Waals surface area contributed by atoms with Crippen LogP contribution in [0.5, 0.6) is 11.5 Å². The topological polar surface area (TPSA) is 73.9 Å². The van der Waals surface area contributed by atoms with Crippen molar-refractivity contribution in [1.29, 1.82) is 0 Å². The van der Waals surface area contributed by atoms with Crippen molar-refractivity contribution in [3.05, 3.63) is 59.7 Å². The zero-order valence-electron chi connectivity index (χ0n) is 17.1. The van der Waals surface area contributed by atoms with Crippen LogP contribution in [0.2, 0.25) is 0 Å². The highest BCUT2D eigenvalue weighted by molar-refractivity contribution is 6.02. The molecule has 29 heavy (non-hydrogen) atoms. The minimum Gasteiger partial charge on any atom is -0.490 e. The van der Waals surface area contributed by atoms with Gasteiger partial charge in [-0.05, 0) is 62.2 Å². The van der Waals surface area contributed by atoms with Crippen LogP contribution in [0.15, 0.2) is 48.5 Å². The summed E-state index contributed by atoms with van der Waals surface area (Å²) in [6.07, 6.45) is 3.87. The van der Waals surface area contributed by atoms with Crippen molar-refractivity contribution in [3.63, 3.8) is 0 Å². The Balaban J connectivity index is 2.04. The molecule has 0 saturated carbocycles. The van der Waals surface area contributed by atoms with Crippen molar-refractivity contribution in [1.82, 2.24) is 0 Å². The molecule has 0 aliphatic carbocycles. The summed E-state index contributed by atoms with van der Waals surface area (Å²) in [4.78, 5) is 24.2. The summed E-state index contributed by atoms with van der Waals surface area (Å²) in [7, 11) is 0.